The first kappa shape index (κ1) is 30.3. The highest BCUT2D eigenvalue weighted by Gasteiger charge is 2.16. The van der Waals surface area contributed by atoms with E-state index in [2.05, 4.69) is 20.3 Å². The molecule has 1 unspecified atom stereocenters. The number of hydrogen-bond acceptors (Lipinski definition) is 6. The number of hydrogen-bond donors (Lipinski definition) is 5. The summed E-state index contributed by atoms with van der Waals surface area (Å²) in [6, 6.07) is 12.2. The van der Waals surface area contributed by atoms with Gasteiger partial charge in [-0.1, -0.05) is 23.7 Å². The number of amidine groups is 1. The summed E-state index contributed by atoms with van der Waals surface area (Å²) >= 11 is 6.20. The number of H-pyrrole nitrogens is 1. The van der Waals surface area contributed by atoms with Crippen molar-refractivity contribution in [1.29, 1.82) is 0 Å². The Kier molecular flexibility index (Phi) is 10.6. The Morgan fingerprint density at radius 1 is 1.20 bits per heavy atom. The van der Waals surface area contributed by atoms with Crippen LogP contribution in [0, 0.1) is 5.82 Å². The van der Waals surface area contributed by atoms with Crippen LogP contribution in [0.3, 0.4) is 0 Å². The highest BCUT2D eigenvalue weighted by Crippen LogP contribution is 2.31. The molecule has 2 aromatic carbocycles. The number of aromatic amines is 1. The lowest BCUT2D eigenvalue weighted by Crippen LogP contribution is -2.24. The molecule has 0 saturated heterocycles. The first-order chi connectivity index (χ1) is 19.8. The van der Waals surface area contributed by atoms with Gasteiger partial charge >= 0.3 is 5.69 Å². The lowest BCUT2D eigenvalue weighted by atomic mass is 10.0. The SMILES string of the molecule is NC(CF)=NCCCNCc1ccc(-n2cc3cc(-c4cc(CCCC(N)CO)cc(Cl)c4F)[nH]c3nc2=O)cc1. The second-order valence-corrected chi connectivity index (χ2v) is 10.3. The molecule has 4 aromatic rings. The second-order valence-electron chi connectivity index (χ2n) is 9.86. The van der Waals surface area contributed by atoms with Gasteiger partial charge < -0.3 is 26.9 Å². The zero-order valence-corrected chi connectivity index (χ0v) is 23.3. The molecule has 0 aliphatic rings. The first-order valence-corrected chi connectivity index (χ1v) is 13.8. The molecule has 0 saturated carbocycles. The van der Waals surface area contributed by atoms with Crippen LogP contribution < -0.4 is 22.5 Å². The standard InChI is InChI=1S/C29H34ClF2N7O2/c30-24-12-19(3-1-4-21(33)17-40)11-23(27(24)32)25-13-20-16-39(29(41)38-28(20)37-25)22-7-5-18(6-8-22)15-35-9-2-10-36-26(34)14-31/h5-8,11-13,16,21,35,40H,1-4,9-10,14-15,17,33H2,(H2,34,36)(H,37,38,41). The Bertz CT molecular complexity index is 1550. The fraction of sp³-hybridized carbons (Fsp3) is 0.345. The van der Waals surface area contributed by atoms with Gasteiger partial charge in [0.2, 0.25) is 0 Å². The van der Waals surface area contributed by atoms with E-state index >= 15 is 4.39 Å². The monoisotopic (exact) mass is 585 g/mol. The van der Waals surface area contributed by atoms with Gasteiger partial charge in [0.1, 0.15) is 18.2 Å². The molecule has 7 N–H and O–H groups in total. The van der Waals surface area contributed by atoms with Crippen molar-refractivity contribution >= 4 is 28.5 Å². The fourth-order valence-electron chi connectivity index (χ4n) is 4.45. The molecule has 41 heavy (non-hydrogen) atoms. The zero-order valence-electron chi connectivity index (χ0n) is 22.5. The lowest BCUT2D eigenvalue weighted by molar-refractivity contribution is 0.258. The number of nitrogens with two attached hydrogens (primary N) is 2. The molecular formula is C29H34ClF2N7O2. The topological polar surface area (TPSA) is 147 Å². The number of aromatic nitrogens is 3. The van der Waals surface area contributed by atoms with Crippen molar-refractivity contribution in [1.82, 2.24) is 19.9 Å². The molecule has 0 spiro atoms. The number of alkyl halides is 1. The predicted octanol–water partition coefficient (Wildman–Crippen LogP) is 3.62. The number of nitrogens with one attached hydrogen (secondary N) is 2. The van der Waals surface area contributed by atoms with Crippen LogP contribution >= 0.6 is 11.6 Å². The van der Waals surface area contributed by atoms with E-state index < -0.39 is 18.2 Å². The number of rotatable bonds is 14. The minimum Gasteiger partial charge on any atom is -0.395 e. The van der Waals surface area contributed by atoms with E-state index in [9.17, 15) is 9.18 Å². The third kappa shape index (κ3) is 7.98. The molecule has 0 amide bonds. The Morgan fingerprint density at radius 2 is 1.98 bits per heavy atom. The van der Waals surface area contributed by atoms with Gasteiger partial charge in [0.25, 0.3) is 0 Å². The van der Waals surface area contributed by atoms with Gasteiger partial charge in [0.05, 0.1) is 23.0 Å². The Labute approximate surface area is 241 Å². The van der Waals surface area contributed by atoms with E-state index in [0.717, 1.165) is 24.0 Å². The highest BCUT2D eigenvalue weighted by atomic mass is 35.5. The average Bonchev–Trinajstić information content (AvgIpc) is 3.38. The van der Waals surface area contributed by atoms with E-state index in [1.165, 1.54) is 4.57 Å². The first-order valence-electron chi connectivity index (χ1n) is 13.4. The molecule has 12 heteroatoms. The van der Waals surface area contributed by atoms with Crippen LogP contribution in [0.25, 0.3) is 28.0 Å². The molecule has 9 nitrogen and oxygen atoms in total. The number of aliphatic hydroxyl groups is 1. The second kappa shape index (κ2) is 14.3. The average molecular weight is 586 g/mol. The van der Waals surface area contributed by atoms with Gasteiger partial charge in [-0.3, -0.25) is 9.56 Å². The molecule has 0 radical (unpaired) electrons. The fourth-order valence-corrected chi connectivity index (χ4v) is 4.69. The van der Waals surface area contributed by atoms with Crippen molar-refractivity contribution in [3.8, 4) is 16.9 Å². The maximum atomic E-state index is 15.0. The van der Waals surface area contributed by atoms with Gasteiger partial charge in [-0.2, -0.15) is 4.98 Å². The van der Waals surface area contributed by atoms with Crippen molar-refractivity contribution < 1.29 is 13.9 Å². The molecule has 218 valence electrons. The van der Waals surface area contributed by atoms with E-state index in [1.807, 2.05) is 24.3 Å². The summed E-state index contributed by atoms with van der Waals surface area (Å²) in [4.78, 5) is 24.0. The summed E-state index contributed by atoms with van der Waals surface area (Å²) in [5, 5.41) is 13.1. The third-order valence-electron chi connectivity index (χ3n) is 6.67. The largest absolute Gasteiger partial charge is 0.395 e. The molecule has 4 rings (SSSR count). The highest BCUT2D eigenvalue weighted by molar-refractivity contribution is 6.31. The Morgan fingerprint density at radius 3 is 2.71 bits per heavy atom. The number of halogens is 3. The number of fused-ring (bicyclic) bond motifs is 1. The number of aliphatic hydroxyl groups excluding tert-OH is 1. The van der Waals surface area contributed by atoms with Gasteiger partial charge in [-0.05, 0) is 73.7 Å². The van der Waals surface area contributed by atoms with Crippen LogP contribution in [0.1, 0.15) is 30.4 Å². The van der Waals surface area contributed by atoms with E-state index in [0.29, 0.717) is 54.9 Å². The van der Waals surface area contributed by atoms with Crippen LogP contribution in [-0.4, -0.2) is 57.9 Å². The minimum atomic E-state index is -0.735. The maximum absolute atomic E-state index is 15.0. The smallest absolute Gasteiger partial charge is 0.354 e. The van der Waals surface area contributed by atoms with Gasteiger partial charge in [0, 0.05) is 36.3 Å². The molecule has 2 heterocycles. The number of benzene rings is 2. The summed E-state index contributed by atoms with van der Waals surface area (Å²) in [5.74, 6) is -0.553. The number of aryl methyl sites for hydroxylation is 1. The summed E-state index contributed by atoms with van der Waals surface area (Å²) < 4.78 is 28.8. The summed E-state index contributed by atoms with van der Waals surface area (Å²) in [7, 11) is 0. The van der Waals surface area contributed by atoms with Crippen LogP contribution in [0.4, 0.5) is 8.78 Å². The van der Waals surface area contributed by atoms with Crippen molar-refractivity contribution in [3.05, 3.63) is 81.1 Å². The molecule has 0 fully saturated rings. The minimum absolute atomic E-state index is 0.000250. The van der Waals surface area contributed by atoms with Crippen molar-refractivity contribution in [2.75, 3.05) is 26.4 Å². The van der Waals surface area contributed by atoms with E-state index in [-0.39, 0.29) is 29.1 Å². The number of nitrogens with zero attached hydrogens (tertiary/aromatic N) is 3. The van der Waals surface area contributed by atoms with Gasteiger partial charge in [-0.15, -0.1) is 0 Å². The summed E-state index contributed by atoms with van der Waals surface area (Å²) in [6.07, 6.45) is 4.38. The van der Waals surface area contributed by atoms with Crippen molar-refractivity contribution in [2.24, 2.45) is 16.5 Å². The normalized spacial score (nSPS) is 12.8. The summed E-state index contributed by atoms with van der Waals surface area (Å²) in [5.41, 5.74) is 14.2. The van der Waals surface area contributed by atoms with Crippen LogP contribution in [0.2, 0.25) is 5.02 Å². The molecule has 2 aromatic heterocycles. The summed E-state index contributed by atoms with van der Waals surface area (Å²) in [6.45, 7) is 0.969. The van der Waals surface area contributed by atoms with Crippen molar-refractivity contribution in [2.45, 2.75) is 38.3 Å². The van der Waals surface area contributed by atoms with Gasteiger partial charge in [0.15, 0.2) is 5.82 Å². The quantitative estimate of drug-likeness (QED) is 0.0867. The molecule has 0 aliphatic heterocycles. The van der Waals surface area contributed by atoms with Crippen LogP contribution in [0.5, 0.6) is 0 Å². The van der Waals surface area contributed by atoms with E-state index in [1.54, 1.807) is 24.4 Å². The van der Waals surface area contributed by atoms with E-state index in [4.69, 9.17) is 28.2 Å². The Balaban J connectivity index is 1.47. The maximum Gasteiger partial charge on any atom is 0.354 e. The van der Waals surface area contributed by atoms with Crippen LogP contribution in [-0.2, 0) is 13.0 Å². The Hall–Kier alpha value is -3.64. The lowest BCUT2D eigenvalue weighted by Gasteiger charge is -2.10. The molecule has 0 bridgehead atoms. The predicted molar refractivity (Wildman–Crippen MR) is 159 cm³/mol. The molecule has 0 aliphatic carbocycles. The molecule has 1 atom stereocenters. The van der Waals surface area contributed by atoms with Crippen molar-refractivity contribution in [3.63, 3.8) is 0 Å². The molecular weight excluding hydrogens is 552 g/mol. The third-order valence-corrected chi connectivity index (χ3v) is 6.94. The van der Waals surface area contributed by atoms with Gasteiger partial charge in [-0.25, -0.2) is 13.6 Å². The number of aliphatic imine (C=N–C) groups is 1. The van der Waals surface area contributed by atoms with Crippen LogP contribution in [0.15, 0.2) is 58.4 Å². The zero-order chi connectivity index (χ0) is 29.4.